The van der Waals surface area contributed by atoms with Crippen molar-refractivity contribution in [1.82, 2.24) is 10.2 Å². The third kappa shape index (κ3) is 5.72. The molecule has 3 rings (SSSR count). The number of halogens is 1. The molecule has 1 fully saturated rings. The molecule has 0 bridgehead atoms. The molecule has 0 aliphatic carbocycles. The van der Waals surface area contributed by atoms with Gasteiger partial charge in [-0.05, 0) is 61.3 Å². The molecule has 0 spiro atoms. The van der Waals surface area contributed by atoms with E-state index < -0.39 is 0 Å². The normalized spacial score (nSPS) is 15.9. The van der Waals surface area contributed by atoms with Crippen LogP contribution in [0.3, 0.4) is 0 Å². The summed E-state index contributed by atoms with van der Waals surface area (Å²) in [4.78, 5) is 14.9. The van der Waals surface area contributed by atoms with Gasteiger partial charge in [-0.1, -0.05) is 42.3 Å². The van der Waals surface area contributed by atoms with Crippen molar-refractivity contribution in [2.24, 2.45) is 0 Å². The summed E-state index contributed by atoms with van der Waals surface area (Å²) in [6, 6.07) is 15.8. The van der Waals surface area contributed by atoms with Gasteiger partial charge in [0, 0.05) is 11.6 Å². The van der Waals surface area contributed by atoms with Crippen molar-refractivity contribution in [1.29, 1.82) is 0 Å². The molecule has 0 saturated carbocycles. The first-order valence-electron chi connectivity index (χ1n) is 9.55. The lowest BCUT2D eigenvalue weighted by atomic mass is 10.0. The van der Waals surface area contributed by atoms with Gasteiger partial charge >= 0.3 is 0 Å². The SMILES string of the molecule is COc1ccc(C(CNC(=O)Cc2cccc(Cl)c2)N2CCCCC2)cc1. The summed E-state index contributed by atoms with van der Waals surface area (Å²) in [6.45, 7) is 2.74. The summed E-state index contributed by atoms with van der Waals surface area (Å²) in [5.41, 5.74) is 2.14. The maximum absolute atomic E-state index is 12.5. The highest BCUT2D eigenvalue weighted by atomic mass is 35.5. The first-order valence-corrected chi connectivity index (χ1v) is 9.92. The summed E-state index contributed by atoms with van der Waals surface area (Å²) in [5.74, 6) is 0.869. The highest BCUT2D eigenvalue weighted by Crippen LogP contribution is 2.26. The monoisotopic (exact) mass is 386 g/mol. The Morgan fingerprint density at radius 1 is 1.15 bits per heavy atom. The average molecular weight is 387 g/mol. The fraction of sp³-hybridized carbons (Fsp3) is 0.409. The Morgan fingerprint density at radius 3 is 2.56 bits per heavy atom. The van der Waals surface area contributed by atoms with E-state index in [9.17, 15) is 4.79 Å². The minimum absolute atomic E-state index is 0.0211. The highest BCUT2D eigenvalue weighted by molar-refractivity contribution is 6.30. The van der Waals surface area contributed by atoms with Crippen LogP contribution in [-0.2, 0) is 11.2 Å². The van der Waals surface area contributed by atoms with Gasteiger partial charge in [-0.15, -0.1) is 0 Å². The van der Waals surface area contributed by atoms with Gasteiger partial charge in [0.1, 0.15) is 5.75 Å². The number of hydrogen-bond acceptors (Lipinski definition) is 3. The molecule has 1 amide bonds. The molecule has 1 aliphatic heterocycles. The maximum Gasteiger partial charge on any atom is 0.224 e. The first-order chi connectivity index (χ1) is 13.2. The number of benzene rings is 2. The Morgan fingerprint density at radius 2 is 1.89 bits per heavy atom. The summed E-state index contributed by atoms with van der Waals surface area (Å²) in [6.07, 6.45) is 4.05. The number of piperidine rings is 1. The smallest absolute Gasteiger partial charge is 0.224 e. The molecule has 0 radical (unpaired) electrons. The zero-order valence-corrected chi connectivity index (χ0v) is 16.5. The summed E-state index contributed by atoms with van der Waals surface area (Å²) < 4.78 is 5.27. The molecule has 1 heterocycles. The van der Waals surface area contributed by atoms with Gasteiger partial charge in [-0.3, -0.25) is 9.69 Å². The van der Waals surface area contributed by atoms with Crippen LogP contribution in [0.1, 0.15) is 36.4 Å². The molecule has 1 unspecified atom stereocenters. The molecule has 0 aromatic heterocycles. The average Bonchev–Trinajstić information content (AvgIpc) is 2.69. The molecule has 5 heteroatoms. The first kappa shape index (κ1) is 19.7. The van der Waals surface area contributed by atoms with E-state index in [1.165, 1.54) is 24.8 Å². The van der Waals surface area contributed by atoms with Crippen molar-refractivity contribution in [3.63, 3.8) is 0 Å². The van der Waals surface area contributed by atoms with E-state index in [1.807, 2.05) is 36.4 Å². The quantitative estimate of drug-likeness (QED) is 0.774. The Labute approximate surface area is 166 Å². The molecular weight excluding hydrogens is 360 g/mol. The van der Waals surface area contributed by atoms with Crippen LogP contribution in [0, 0.1) is 0 Å². The molecule has 1 saturated heterocycles. The minimum Gasteiger partial charge on any atom is -0.497 e. The molecule has 1 atom stereocenters. The predicted octanol–water partition coefficient (Wildman–Crippen LogP) is 4.23. The predicted molar refractivity (Wildman–Crippen MR) is 109 cm³/mol. The molecule has 1 aliphatic rings. The fourth-order valence-corrected chi connectivity index (χ4v) is 3.83. The van der Waals surface area contributed by atoms with E-state index in [4.69, 9.17) is 16.3 Å². The number of ether oxygens (including phenoxy) is 1. The lowest BCUT2D eigenvalue weighted by molar-refractivity contribution is -0.120. The van der Waals surface area contributed by atoms with Crippen LogP contribution in [0.4, 0.5) is 0 Å². The van der Waals surface area contributed by atoms with Gasteiger partial charge in [0.15, 0.2) is 0 Å². The number of carbonyl (C=O) groups is 1. The van der Waals surface area contributed by atoms with Crippen LogP contribution in [0.5, 0.6) is 5.75 Å². The van der Waals surface area contributed by atoms with Crippen LogP contribution in [0.25, 0.3) is 0 Å². The zero-order chi connectivity index (χ0) is 19.1. The molecule has 2 aromatic carbocycles. The Hall–Kier alpha value is -2.04. The van der Waals surface area contributed by atoms with Crippen LogP contribution < -0.4 is 10.1 Å². The second-order valence-corrected chi connectivity index (χ2v) is 7.43. The third-order valence-corrected chi connectivity index (χ3v) is 5.31. The van der Waals surface area contributed by atoms with Crippen LogP contribution in [0.2, 0.25) is 5.02 Å². The van der Waals surface area contributed by atoms with Gasteiger partial charge in [-0.25, -0.2) is 0 Å². The topological polar surface area (TPSA) is 41.6 Å². The maximum atomic E-state index is 12.5. The minimum atomic E-state index is 0.0211. The molecule has 4 nitrogen and oxygen atoms in total. The van der Waals surface area contributed by atoms with Gasteiger partial charge in [0.05, 0.1) is 19.6 Å². The molecule has 144 valence electrons. The molecule has 27 heavy (non-hydrogen) atoms. The number of rotatable bonds is 7. The number of amides is 1. The van der Waals surface area contributed by atoms with Gasteiger partial charge in [0.25, 0.3) is 0 Å². The number of methoxy groups -OCH3 is 1. The molecule has 2 aromatic rings. The van der Waals surface area contributed by atoms with Gasteiger partial charge in [0.2, 0.25) is 5.91 Å². The van der Waals surface area contributed by atoms with Crippen molar-refractivity contribution >= 4 is 17.5 Å². The zero-order valence-electron chi connectivity index (χ0n) is 15.8. The second kappa shape index (κ2) is 9.77. The van der Waals surface area contributed by atoms with E-state index in [2.05, 4.69) is 22.3 Å². The lowest BCUT2D eigenvalue weighted by Crippen LogP contribution is -2.41. The number of nitrogens with one attached hydrogen (secondary N) is 1. The van der Waals surface area contributed by atoms with Crippen molar-refractivity contribution in [2.45, 2.75) is 31.7 Å². The van der Waals surface area contributed by atoms with Gasteiger partial charge in [-0.2, -0.15) is 0 Å². The number of carbonyl (C=O) groups excluding carboxylic acids is 1. The number of nitrogens with zero attached hydrogens (tertiary/aromatic N) is 1. The van der Waals surface area contributed by atoms with E-state index in [1.54, 1.807) is 7.11 Å². The van der Waals surface area contributed by atoms with Crippen LogP contribution >= 0.6 is 11.6 Å². The van der Waals surface area contributed by atoms with E-state index in [0.29, 0.717) is 18.0 Å². The summed E-state index contributed by atoms with van der Waals surface area (Å²) >= 11 is 6.01. The fourth-order valence-electron chi connectivity index (χ4n) is 3.62. The second-order valence-electron chi connectivity index (χ2n) is 7.00. The number of likely N-dealkylation sites (tertiary alicyclic amines) is 1. The van der Waals surface area contributed by atoms with E-state index >= 15 is 0 Å². The summed E-state index contributed by atoms with van der Waals surface area (Å²) in [7, 11) is 1.67. The van der Waals surface area contributed by atoms with Crippen molar-refractivity contribution in [3.05, 3.63) is 64.7 Å². The van der Waals surface area contributed by atoms with Crippen LogP contribution in [-0.4, -0.2) is 37.6 Å². The van der Waals surface area contributed by atoms with E-state index in [-0.39, 0.29) is 11.9 Å². The Kier molecular flexibility index (Phi) is 7.13. The molecular formula is C22H27ClN2O2. The third-order valence-electron chi connectivity index (χ3n) is 5.08. The van der Waals surface area contributed by atoms with Gasteiger partial charge < -0.3 is 10.1 Å². The number of hydrogen-bond donors (Lipinski definition) is 1. The van der Waals surface area contributed by atoms with Crippen LogP contribution in [0.15, 0.2) is 48.5 Å². The standard InChI is InChI=1S/C22H27ClN2O2/c1-27-20-10-8-18(9-11-20)21(25-12-3-2-4-13-25)16-24-22(26)15-17-6-5-7-19(23)14-17/h5-11,14,21H,2-4,12-13,15-16H2,1H3,(H,24,26). The van der Waals surface area contributed by atoms with Crippen molar-refractivity contribution < 1.29 is 9.53 Å². The summed E-state index contributed by atoms with van der Waals surface area (Å²) in [5, 5.41) is 3.78. The lowest BCUT2D eigenvalue weighted by Gasteiger charge is -2.35. The highest BCUT2D eigenvalue weighted by Gasteiger charge is 2.23. The van der Waals surface area contributed by atoms with Crippen molar-refractivity contribution in [2.75, 3.05) is 26.7 Å². The Balaban J connectivity index is 1.65. The van der Waals surface area contributed by atoms with Crippen molar-refractivity contribution in [3.8, 4) is 5.75 Å². The Bertz CT molecular complexity index is 742. The molecule has 1 N–H and O–H groups in total. The van der Waals surface area contributed by atoms with E-state index in [0.717, 1.165) is 24.4 Å². The largest absolute Gasteiger partial charge is 0.497 e.